The van der Waals surface area contributed by atoms with Gasteiger partial charge in [0.15, 0.2) is 12.0 Å². The summed E-state index contributed by atoms with van der Waals surface area (Å²) in [6, 6.07) is 10.2. The summed E-state index contributed by atoms with van der Waals surface area (Å²) in [5.74, 6) is -0.0601. The van der Waals surface area contributed by atoms with Crippen LogP contribution < -0.4 is 5.73 Å². The van der Waals surface area contributed by atoms with Crippen LogP contribution in [-0.2, 0) is 20.6 Å². The van der Waals surface area contributed by atoms with E-state index in [1.54, 1.807) is 6.33 Å². The van der Waals surface area contributed by atoms with E-state index in [2.05, 4.69) is 37.7 Å². The maximum absolute atomic E-state index is 6.84. The maximum Gasteiger partial charge on any atom is 0.165 e. The van der Waals surface area contributed by atoms with E-state index in [-0.39, 0.29) is 24.4 Å². The zero-order valence-corrected chi connectivity index (χ0v) is 21.2. The summed E-state index contributed by atoms with van der Waals surface area (Å²) in [6.07, 6.45) is 5.70. The van der Waals surface area contributed by atoms with Gasteiger partial charge < -0.3 is 24.5 Å². The molecule has 1 aromatic carbocycles. The van der Waals surface area contributed by atoms with Gasteiger partial charge >= 0.3 is 0 Å². The van der Waals surface area contributed by atoms with Crippen LogP contribution in [0.15, 0.2) is 42.9 Å². The van der Waals surface area contributed by atoms with E-state index >= 15 is 0 Å². The molecule has 1 spiro atoms. The minimum absolute atomic E-state index is 0.103. The molecule has 0 bridgehead atoms. The first kappa shape index (κ1) is 22.4. The first-order chi connectivity index (χ1) is 17.2. The fraction of sp³-hybridized carbons (Fsp3) is 0.444. The molecule has 7 rings (SSSR count). The summed E-state index contributed by atoms with van der Waals surface area (Å²) in [5.41, 5.74) is 9.30. The molecule has 3 aliphatic rings. The second kappa shape index (κ2) is 7.61. The molecule has 3 fully saturated rings. The van der Waals surface area contributed by atoms with Crippen molar-refractivity contribution in [2.75, 3.05) is 5.73 Å². The predicted molar refractivity (Wildman–Crippen MR) is 137 cm³/mol. The highest BCUT2D eigenvalue weighted by atomic mass is 35.5. The monoisotopic (exact) mass is 505 g/mol. The molecule has 186 valence electrons. The fourth-order valence-electron chi connectivity index (χ4n) is 6.56. The first-order valence-electron chi connectivity index (χ1n) is 12.4. The van der Waals surface area contributed by atoms with Crippen molar-refractivity contribution in [3.63, 3.8) is 0 Å². The topological polar surface area (TPSA) is 97.3 Å². The number of anilines is 1. The highest BCUT2D eigenvalue weighted by Crippen LogP contribution is 2.59. The van der Waals surface area contributed by atoms with Crippen molar-refractivity contribution in [2.24, 2.45) is 5.92 Å². The van der Waals surface area contributed by atoms with Gasteiger partial charge in [-0.2, -0.15) is 0 Å². The minimum atomic E-state index is -0.683. The summed E-state index contributed by atoms with van der Waals surface area (Å²) >= 11 is 6.16. The molecule has 2 N–H and O–H groups in total. The number of hydrogen-bond donors (Lipinski definition) is 1. The molecular formula is C27H28ClN5O3. The van der Waals surface area contributed by atoms with Crippen LogP contribution in [0.1, 0.15) is 44.2 Å². The number of halogens is 1. The number of nitrogens with zero attached hydrogens (tertiary/aromatic N) is 4. The molecule has 1 aliphatic carbocycles. The van der Waals surface area contributed by atoms with E-state index < -0.39 is 11.4 Å². The predicted octanol–water partition coefficient (Wildman–Crippen LogP) is 4.96. The second-order valence-electron chi connectivity index (χ2n) is 10.7. The molecule has 4 aromatic rings. The van der Waals surface area contributed by atoms with Crippen molar-refractivity contribution < 1.29 is 14.2 Å². The minimum Gasteiger partial charge on any atom is -0.382 e. The Morgan fingerprint density at radius 1 is 1.17 bits per heavy atom. The lowest BCUT2D eigenvalue weighted by Gasteiger charge is -2.29. The van der Waals surface area contributed by atoms with Crippen LogP contribution in [0.2, 0.25) is 5.02 Å². The van der Waals surface area contributed by atoms with Gasteiger partial charge in [-0.3, -0.25) is 0 Å². The van der Waals surface area contributed by atoms with Crippen LogP contribution in [0.25, 0.3) is 21.9 Å². The fourth-order valence-corrected chi connectivity index (χ4v) is 6.72. The molecule has 5 atom stereocenters. The molecule has 2 aliphatic heterocycles. The highest BCUT2D eigenvalue weighted by Gasteiger charge is 2.70. The molecule has 9 heteroatoms. The Kier molecular flexibility index (Phi) is 4.74. The molecular weight excluding hydrogens is 478 g/mol. The number of nitrogens with two attached hydrogens (primary N) is 1. The standard InChI is InChI=1S/C27H28ClN5O3/c1-14-18-7-9-33(24(18)31-13-30-14)25-22-27(36-26(2,3)35-22)8-6-17(21(27)34-25)10-15-4-5-16-12-19(28)23(29)32-20(16)11-15/h4-5,7,9,11-13,17,21-22,25H,6,8,10H2,1-3H3,(H2,29,32)/t17?,21-,22+,25-,27-/m1/s1. The number of aryl methyl sites for hydroxylation is 1. The lowest BCUT2D eigenvalue weighted by atomic mass is 9.90. The van der Waals surface area contributed by atoms with Crippen molar-refractivity contribution in [3.8, 4) is 0 Å². The van der Waals surface area contributed by atoms with Gasteiger partial charge in [-0.05, 0) is 69.7 Å². The van der Waals surface area contributed by atoms with E-state index in [1.165, 1.54) is 5.56 Å². The number of hydrogen-bond acceptors (Lipinski definition) is 7. The molecule has 0 amide bonds. The van der Waals surface area contributed by atoms with Crippen LogP contribution >= 0.6 is 11.6 Å². The number of fused-ring (bicyclic) bond motifs is 2. The van der Waals surface area contributed by atoms with Gasteiger partial charge in [0.25, 0.3) is 0 Å². The molecule has 36 heavy (non-hydrogen) atoms. The largest absolute Gasteiger partial charge is 0.382 e. The number of nitrogen functional groups attached to an aromatic ring is 1. The lowest BCUT2D eigenvalue weighted by Crippen LogP contribution is -2.44. The maximum atomic E-state index is 6.84. The van der Waals surface area contributed by atoms with Gasteiger partial charge in [0.1, 0.15) is 29.5 Å². The van der Waals surface area contributed by atoms with Crippen LogP contribution in [0.5, 0.6) is 0 Å². The quantitative estimate of drug-likeness (QED) is 0.420. The zero-order valence-electron chi connectivity index (χ0n) is 20.4. The van der Waals surface area contributed by atoms with Crippen molar-refractivity contribution in [1.82, 2.24) is 19.5 Å². The van der Waals surface area contributed by atoms with Crippen LogP contribution in [0.3, 0.4) is 0 Å². The summed E-state index contributed by atoms with van der Waals surface area (Å²) in [4.78, 5) is 13.4. The lowest BCUT2D eigenvalue weighted by molar-refractivity contribution is -0.211. The molecule has 1 unspecified atom stereocenters. The Morgan fingerprint density at radius 3 is 2.89 bits per heavy atom. The van der Waals surface area contributed by atoms with Crippen molar-refractivity contribution in [3.05, 3.63) is 59.1 Å². The van der Waals surface area contributed by atoms with E-state index in [1.807, 2.05) is 39.1 Å². The average Bonchev–Trinajstić information content (AvgIpc) is 3.53. The third kappa shape index (κ3) is 3.21. The second-order valence-corrected chi connectivity index (χ2v) is 11.2. The third-order valence-corrected chi connectivity index (χ3v) is 8.33. The van der Waals surface area contributed by atoms with Crippen LogP contribution in [0.4, 0.5) is 5.82 Å². The molecule has 0 radical (unpaired) electrons. The van der Waals surface area contributed by atoms with E-state index in [0.717, 1.165) is 46.9 Å². The Bertz CT molecular complexity index is 1520. The van der Waals surface area contributed by atoms with E-state index in [9.17, 15) is 0 Å². The van der Waals surface area contributed by atoms with E-state index in [0.29, 0.717) is 10.8 Å². The number of rotatable bonds is 3. The summed E-state index contributed by atoms with van der Waals surface area (Å²) in [7, 11) is 0. The Hall–Kier alpha value is -2.78. The van der Waals surface area contributed by atoms with Gasteiger partial charge in [-0.1, -0.05) is 23.7 Å². The normalized spacial score (nSPS) is 30.8. The molecule has 8 nitrogen and oxygen atoms in total. The molecule has 2 saturated heterocycles. The SMILES string of the molecule is Cc1ncnc2c1ccn2[C@@H]1O[C@@H]2C(Cc3ccc4cc(Cl)c(N)nc4c3)CC[C@@]23OC(C)(C)O[C@@H]13. The number of pyridine rings is 1. The highest BCUT2D eigenvalue weighted by molar-refractivity contribution is 6.33. The molecule has 1 saturated carbocycles. The summed E-state index contributed by atoms with van der Waals surface area (Å²) in [5, 5.41) is 2.47. The van der Waals surface area contributed by atoms with E-state index in [4.69, 9.17) is 31.5 Å². The van der Waals surface area contributed by atoms with Gasteiger partial charge in [0.05, 0.1) is 22.3 Å². The Labute approximate surface area is 213 Å². The summed E-state index contributed by atoms with van der Waals surface area (Å²) < 4.78 is 22.1. The van der Waals surface area contributed by atoms with Crippen LogP contribution in [0, 0.1) is 12.8 Å². The van der Waals surface area contributed by atoms with Crippen molar-refractivity contribution in [2.45, 2.75) is 69.9 Å². The number of benzene rings is 1. The Balaban J connectivity index is 1.24. The Morgan fingerprint density at radius 2 is 2.03 bits per heavy atom. The third-order valence-electron chi connectivity index (χ3n) is 8.03. The van der Waals surface area contributed by atoms with Crippen LogP contribution in [-0.4, -0.2) is 43.1 Å². The van der Waals surface area contributed by atoms with Gasteiger partial charge in [-0.15, -0.1) is 0 Å². The summed E-state index contributed by atoms with van der Waals surface area (Å²) in [6.45, 7) is 5.98. The smallest absolute Gasteiger partial charge is 0.165 e. The zero-order chi connectivity index (χ0) is 24.8. The molecule has 5 heterocycles. The number of aromatic nitrogens is 4. The average molecular weight is 506 g/mol. The van der Waals surface area contributed by atoms with Gasteiger partial charge in [0.2, 0.25) is 0 Å². The first-order valence-corrected chi connectivity index (χ1v) is 12.8. The molecule has 3 aromatic heterocycles. The van der Waals surface area contributed by atoms with Crippen molar-refractivity contribution >= 4 is 39.4 Å². The van der Waals surface area contributed by atoms with Crippen molar-refractivity contribution in [1.29, 1.82) is 0 Å². The van der Waals surface area contributed by atoms with Gasteiger partial charge in [0, 0.05) is 17.0 Å². The van der Waals surface area contributed by atoms with Gasteiger partial charge in [-0.25, -0.2) is 15.0 Å². The number of ether oxygens (including phenoxy) is 3.